The molecule has 1 atom stereocenters. The van der Waals surface area contributed by atoms with Crippen molar-refractivity contribution >= 4 is 21.6 Å². The minimum Gasteiger partial charge on any atom is -0.313 e. The highest BCUT2D eigenvalue weighted by molar-refractivity contribution is 7.89. The van der Waals surface area contributed by atoms with Gasteiger partial charge in [0.2, 0.25) is 10.0 Å². The zero-order chi connectivity index (χ0) is 21.4. The lowest BCUT2D eigenvalue weighted by Gasteiger charge is -2.25. The Labute approximate surface area is 184 Å². The van der Waals surface area contributed by atoms with Crippen LogP contribution in [0, 0.1) is 0 Å². The van der Waals surface area contributed by atoms with Gasteiger partial charge in [-0.2, -0.15) is 0 Å². The molecule has 0 unspecified atom stereocenters. The fourth-order valence-corrected chi connectivity index (χ4v) is 4.85. The Bertz CT molecular complexity index is 1030. The minimum atomic E-state index is -3.55. The van der Waals surface area contributed by atoms with E-state index >= 15 is 0 Å². The fourth-order valence-electron chi connectivity index (χ4n) is 3.41. The Morgan fingerprint density at radius 2 is 1.60 bits per heavy atom. The van der Waals surface area contributed by atoms with E-state index in [1.807, 2.05) is 48.5 Å². The van der Waals surface area contributed by atoms with Crippen molar-refractivity contribution < 1.29 is 8.42 Å². The van der Waals surface area contributed by atoms with Crippen LogP contribution in [-0.2, 0) is 16.6 Å². The smallest absolute Gasteiger partial charge is 0.242 e. The molecule has 0 heterocycles. The van der Waals surface area contributed by atoms with Crippen molar-refractivity contribution in [3.63, 3.8) is 0 Å². The van der Waals surface area contributed by atoms with Gasteiger partial charge in [-0.25, -0.2) is 12.7 Å². The summed E-state index contributed by atoms with van der Waals surface area (Å²) >= 11 is 6.21. The standard InChI is InChI=1S/C24H27ClN2O2S/c1-27(30(28,29)24-13-6-3-7-14-24)19-22(21-11-8-12-23(25)17-21)15-16-26-18-20-9-4-2-5-10-20/h2-14,17,22,26H,15-16,18-19H2,1H3/t22-/m1/s1. The molecule has 0 bridgehead atoms. The molecule has 0 aromatic heterocycles. The average Bonchev–Trinajstić information content (AvgIpc) is 2.77. The number of nitrogens with zero attached hydrogens (tertiary/aromatic N) is 1. The van der Waals surface area contributed by atoms with Crippen LogP contribution in [0.15, 0.2) is 89.8 Å². The Morgan fingerprint density at radius 3 is 2.27 bits per heavy atom. The van der Waals surface area contributed by atoms with E-state index in [4.69, 9.17) is 11.6 Å². The Hall–Kier alpha value is -2.18. The third-order valence-corrected chi connectivity index (χ3v) is 7.16. The SMILES string of the molecule is CN(C[C@@H](CCNCc1ccccc1)c1cccc(Cl)c1)S(=O)(=O)c1ccccc1. The molecule has 4 nitrogen and oxygen atoms in total. The molecule has 0 aliphatic rings. The van der Waals surface area contributed by atoms with Gasteiger partial charge in [0.15, 0.2) is 0 Å². The van der Waals surface area contributed by atoms with Crippen LogP contribution in [0.2, 0.25) is 5.02 Å². The van der Waals surface area contributed by atoms with Gasteiger partial charge in [0.05, 0.1) is 4.90 Å². The highest BCUT2D eigenvalue weighted by Crippen LogP contribution is 2.25. The van der Waals surface area contributed by atoms with Gasteiger partial charge >= 0.3 is 0 Å². The highest BCUT2D eigenvalue weighted by atomic mass is 35.5. The zero-order valence-corrected chi connectivity index (χ0v) is 18.6. The Kier molecular flexibility index (Phi) is 8.05. The molecule has 0 fully saturated rings. The molecule has 0 saturated carbocycles. The summed E-state index contributed by atoms with van der Waals surface area (Å²) in [6, 6.07) is 26.4. The summed E-state index contributed by atoms with van der Waals surface area (Å²) in [5.74, 6) is 0.0236. The second-order valence-electron chi connectivity index (χ2n) is 7.30. The summed E-state index contributed by atoms with van der Waals surface area (Å²) in [5, 5.41) is 4.12. The van der Waals surface area contributed by atoms with Gasteiger partial charge in [0.25, 0.3) is 0 Å². The number of rotatable bonds is 10. The van der Waals surface area contributed by atoms with E-state index in [9.17, 15) is 8.42 Å². The van der Waals surface area contributed by atoms with E-state index in [-0.39, 0.29) is 5.92 Å². The second kappa shape index (κ2) is 10.7. The topological polar surface area (TPSA) is 49.4 Å². The van der Waals surface area contributed by atoms with Crippen LogP contribution in [0.25, 0.3) is 0 Å². The molecule has 0 amide bonds. The summed E-state index contributed by atoms with van der Waals surface area (Å²) in [6.45, 7) is 1.93. The van der Waals surface area contributed by atoms with E-state index in [0.29, 0.717) is 16.5 Å². The van der Waals surface area contributed by atoms with Crippen LogP contribution in [-0.4, -0.2) is 32.9 Å². The Balaban J connectivity index is 1.69. The number of hydrogen-bond donors (Lipinski definition) is 1. The molecule has 3 aromatic rings. The van der Waals surface area contributed by atoms with Gasteiger partial charge in [-0.1, -0.05) is 72.3 Å². The Morgan fingerprint density at radius 1 is 0.933 bits per heavy atom. The van der Waals surface area contributed by atoms with Gasteiger partial charge in [-0.15, -0.1) is 0 Å². The van der Waals surface area contributed by atoms with Crippen LogP contribution < -0.4 is 5.32 Å². The molecular formula is C24H27ClN2O2S. The van der Waals surface area contributed by atoms with Gasteiger partial charge < -0.3 is 5.32 Å². The lowest BCUT2D eigenvalue weighted by Crippen LogP contribution is -2.32. The first-order chi connectivity index (χ1) is 14.5. The maximum absolute atomic E-state index is 13.0. The van der Waals surface area contributed by atoms with Crippen molar-refractivity contribution in [1.82, 2.24) is 9.62 Å². The second-order valence-corrected chi connectivity index (χ2v) is 9.78. The molecule has 1 N–H and O–H groups in total. The van der Waals surface area contributed by atoms with Crippen LogP contribution >= 0.6 is 11.6 Å². The van der Waals surface area contributed by atoms with Crippen LogP contribution in [0.3, 0.4) is 0 Å². The minimum absolute atomic E-state index is 0.0236. The lowest BCUT2D eigenvalue weighted by atomic mass is 9.95. The summed E-state index contributed by atoms with van der Waals surface area (Å²) in [6.07, 6.45) is 0.793. The maximum Gasteiger partial charge on any atom is 0.242 e. The highest BCUT2D eigenvalue weighted by Gasteiger charge is 2.24. The normalized spacial score (nSPS) is 12.8. The first-order valence-electron chi connectivity index (χ1n) is 9.98. The molecule has 0 saturated heterocycles. The number of likely N-dealkylation sites (N-methyl/N-ethyl adjacent to an activating group) is 1. The van der Waals surface area contributed by atoms with Gasteiger partial charge in [0.1, 0.15) is 0 Å². The lowest BCUT2D eigenvalue weighted by molar-refractivity contribution is 0.419. The molecule has 0 aliphatic carbocycles. The van der Waals surface area contributed by atoms with Gasteiger partial charge in [-0.05, 0) is 54.3 Å². The van der Waals surface area contributed by atoms with Crippen molar-refractivity contribution in [2.24, 2.45) is 0 Å². The zero-order valence-electron chi connectivity index (χ0n) is 17.0. The van der Waals surface area contributed by atoms with Crippen LogP contribution in [0.4, 0.5) is 0 Å². The molecule has 158 valence electrons. The predicted octanol–water partition coefficient (Wildman–Crippen LogP) is 4.92. The molecular weight excluding hydrogens is 416 g/mol. The van der Waals surface area contributed by atoms with Crippen molar-refractivity contribution in [3.8, 4) is 0 Å². The van der Waals surface area contributed by atoms with E-state index in [0.717, 1.165) is 25.1 Å². The van der Waals surface area contributed by atoms with Crippen LogP contribution in [0.5, 0.6) is 0 Å². The molecule has 6 heteroatoms. The first kappa shape index (κ1) is 22.5. The number of hydrogen-bond acceptors (Lipinski definition) is 3. The van der Waals surface area contributed by atoms with Crippen LogP contribution in [0.1, 0.15) is 23.5 Å². The van der Waals surface area contributed by atoms with E-state index < -0.39 is 10.0 Å². The van der Waals surface area contributed by atoms with E-state index in [1.54, 1.807) is 31.3 Å². The maximum atomic E-state index is 13.0. The van der Waals surface area contributed by atoms with Gasteiger partial charge in [0, 0.05) is 25.2 Å². The average molecular weight is 443 g/mol. The number of nitrogens with one attached hydrogen (secondary N) is 1. The molecule has 3 aromatic carbocycles. The molecule has 3 rings (SSSR count). The fraction of sp³-hybridized carbons (Fsp3) is 0.250. The third kappa shape index (κ3) is 6.16. The van der Waals surface area contributed by atoms with Gasteiger partial charge in [-0.3, -0.25) is 0 Å². The largest absolute Gasteiger partial charge is 0.313 e. The molecule has 0 spiro atoms. The summed E-state index contributed by atoms with van der Waals surface area (Å²) < 4.78 is 27.4. The summed E-state index contributed by atoms with van der Waals surface area (Å²) in [5.41, 5.74) is 2.26. The third-order valence-electron chi connectivity index (χ3n) is 5.09. The summed E-state index contributed by atoms with van der Waals surface area (Å²) in [4.78, 5) is 0.305. The molecule has 0 radical (unpaired) electrons. The van der Waals surface area contributed by atoms with Crippen molar-refractivity contribution in [2.75, 3.05) is 20.1 Å². The quantitative estimate of drug-likeness (QED) is 0.453. The van der Waals surface area contributed by atoms with E-state index in [2.05, 4.69) is 17.4 Å². The molecule has 0 aliphatic heterocycles. The number of sulfonamides is 1. The first-order valence-corrected chi connectivity index (χ1v) is 11.8. The van der Waals surface area contributed by atoms with E-state index in [1.165, 1.54) is 9.87 Å². The number of halogens is 1. The number of benzene rings is 3. The van der Waals surface area contributed by atoms with Crippen molar-refractivity contribution in [1.29, 1.82) is 0 Å². The van der Waals surface area contributed by atoms with Crippen molar-refractivity contribution in [2.45, 2.75) is 23.8 Å². The monoisotopic (exact) mass is 442 g/mol. The molecule has 30 heavy (non-hydrogen) atoms. The summed E-state index contributed by atoms with van der Waals surface area (Å²) in [7, 11) is -1.91. The predicted molar refractivity (Wildman–Crippen MR) is 123 cm³/mol. The van der Waals surface area contributed by atoms with Crippen molar-refractivity contribution in [3.05, 3.63) is 101 Å².